The van der Waals surface area contributed by atoms with E-state index in [2.05, 4.69) is 0 Å². The predicted molar refractivity (Wildman–Crippen MR) is 48.2 cm³/mol. The molecule has 96 valence electrons. The van der Waals surface area contributed by atoms with Crippen molar-refractivity contribution in [2.24, 2.45) is 0 Å². The summed E-state index contributed by atoms with van der Waals surface area (Å²) in [6.07, 6.45) is -8.82. The van der Waals surface area contributed by atoms with Gasteiger partial charge in [0.15, 0.2) is 0 Å². The molecule has 0 bridgehead atoms. The Labute approximate surface area is 95.8 Å². The Balaban J connectivity index is 3.49. The highest BCUT2D eigenvalue weighted by Crippen LogP contribution is 2.41. The third kappa shape index (κ3) is 2.85. The van der Waals surface area contributed by atoms with E-state index in [4.69, 9.17) is 0 Å². The third-order valence-electron chi connectivity index (χ3n) is 1.91. The molecule has 0 saturated heterocycles. The van der Waals surface area contributed by atoms with Crippen LogP contribution in [0.25, 0.3) is 0 Å². The minimum Gasteiger partial charge on any atom is -0.205 e. The topological polar surface area (TPSA) is 0 Å². The molecule has 0 saturated carbocycles. The van der Waals surface area contributed by atoms with Crippen molar-refractivity contribution in [1.29, 1.82) is 0 Å². The van der Waals surface area contributed by atoms with Gasteiger partial charge in [-0.25, -0.2) is 4.39 Å². The number of benzene rings is 1. The van der Waals surface area contributed by atoms with Crippen LogP contribution < -0.4 is 0 Å². The first-order valence-electron chi connectivity index (χ1n) is 4.10. The zero-order valence-electron chi connectivity index (χ0n) is 8.21. The maximum atomic E-state index is 13.3. The fourth-order valence-electron chi connectivity index (χ4n) is 1.20. The van der Waals surface area contributed by atoms with Crippen molar-refractivity contribution in [3.8, 4) is 0 Å². The SMILES string of the molecule is CSc1c(C(F)(F)F)ccc(C(F)(F)F)c1F. The number of hydrogen-bond acceptors (Lipinski definition) is 1. The number of thioether (sulfide) groups is 1. The van der Waals surface area contributed by atoms with Crippen molar-refractivity contribution < 1.29 is 30.7 Å². The predicted octanol–water partition coefficient (Wildman–Crippen LogP) is 4.59. The summed E-state index contributed by atoms with van der Waals surface area (Å²) in [5, 5.41) is 0. The highest BCUT2D eigenvalue weighted by Gasteiger charge is 2.40. The van der Waals surface area contributed by atoms with Crippen LogP contribution in [0, 0.1) is 5.82 Å². The highest BCUT2D eigenvalue weighted by atomic mass is 32.2. The van der Waals surface area contributed by atoms with Gasteiger partial charge in [0.1, 0.15) is 5.82 Å². The van der Waals surface area contributed by atoms with Crippen LogP contribution in [-0.4, -0.2) is 6.26 Å². The second kappa shape index (κ2) is 4.40. The van der Waals surface area contributed by atoms with Gasteiger partial charge in [-0.3, -0.25) is 0 Å². The second-order valence-corrected chi connectivity index (χ2v) is 3.82. The number of rotatable bonds is 1. The van der Waals surface area contributed by atoms with E-state index in [1.807, 2.05) is 0 Å². The van der Waals surface area contributed by atoms with Crippen LogP contribution in [0.2, 0.25) is 0 Å². The maximum absolute atomic E-state index is 13.3. The second-order valence-electron chi connectivity index (χ2n) is 3.00. The van der Waals surface area contributed by atoms with Gasteiger partial charge < -0.3 is 0 Å². The average Bonchev–Trinajstić information content (AvgIpc) is 2.13. The number of halogens is 7. The van der Waals surface area contributed by atoms with Gasteiger partial charge in [0.25, 0.3) is 0 Å². The molecule has 0 aliphatic rings. The van der Waals surface area contributed by atoms with Crippen molar-refractivity contribution in [1.82, 2.24) is 0 Å². The molecule has 0 heterocycles. The lowest BCUT2D eigenvalue weighted by atomic mass is 10.1. The third-order valence-corrected chi connectivity index (χ3v) is 2.72. The Morgan fingerprint density at radius 3 is 1.65 bits per heavy atom. The molecule has 0 atom stereocenters. The summed E-state index contributed by atoms with van der Waals surface area (Å²) in [5.74, 6) is -1.89. The molecular formula is C9H5F7S. The molecule has 0 radical (unpaired) electrons. The molecule has 8 heteroatoms. The van der Waals surface area contributed by atoms with Crippen LogP contribution in [-0.2, 0) is 12.4 Å². The first kappa shape index (κ1) is 14.1. The fourth-order valence-corrected chi connectivity index (χ4v) is 1.89. The Morgan fingerprint density at radius 2 is 1.29 bits per heavy atom. The van der Waals surface area contributed by atoms with Crippen LogP contribution in [0.5, 0.6) is 0 Å². The van der Waals surface area contributed by atoms with Gasteiger partial charge in [-0.05, 0) is 18.4 Å². The fraction of sp³-hybridized carbons (Fsp3) is 0.333. The molecule has 0 unspecified atom stereocenters. The van der Waals surface area contributed by atoms with Gasteiger partial charge in [-0.15, -0.1) is 11.8 Å². The molecule has 1 aromatic rings. The van der Waals surface area contributed by atoms with E-state index in [0.717, 1.165) is 6.26 Å². The molecule has 0 fully saturated rings. The summed E-state index contributed by atoms with van der Waals surface area (Å²) < 4.78 is 87.3. The largest absolute Gasteiger partial charge is 0.419 e. The molecular weight excluding hydrogens is 273 g/mol. The van der Waals surface area contributed by atoms with Gasteiger partial charge in [0.05, 0.1) is 16.0 Å². The van der Waals surface area contributed by atoms with E-state index in [1.54, 1.807) is 0 Å². The molecule has 0 aliphatic heterocycles. The first-order chi connectivity index (χ1) is 7.59. The summed E-state index contributed by atoms with van der Waals surface area (Å²) in [7, 11) is 0. The van der Waals surface area contributed by atoms with Gasteiger partial charge >= 0.3 is 12.4 Å². The van der Waals surface area contributed by atoms with E-state index in [0.29, 0.717) is 0 Å². The lowest BCUT2D eigenvalue weighted by Crippen LogP contribution is -2.14. The zero-order valence-corrected chi connectivity index (χ0v) is 9.03. The van der Waals surface area contributed by atoms with Gasteiger partial charge in [-0.2, -0.15) is 26.3 Å². The molecule has 0 aliphatic carbocycles. The van der Waals surface area contributed by atoms with E-state index in [9.17, 15) is 30.7 Å². The van der Waals surface area contributed by atoms with Crippen molar-refractivity contribution in [2.45, 2.75) is 17.2 Å². The Bertz CT molecular complexity index is 419. The molecule has 0 N–H and O–H groups in total. The van der Waals surface area contributed by atoms with Crippen molar-refractivity contribution in [3.63, 3.8) is 0 Å². The minimum atomic E-state index is -5.02. The van der Waals surface area contributed by atoms with Crippen LogP contribution in [0.4, 0.5) is 30.7 Å². The Morgan fingerprint density at radius 1 is 0.882 bits per heavy atom. The van der Waals surface area contributed by atoms with E-state index in [1.165, 1.54) is 0 Å². The summed E-state index contributed by atoms with van der Waals surface area (Å²) in [5.41, 5.74) is -3.11. The molecule has 17 heavy (non-hydrogen) atoms. The smallest absolute Gasteiger partial charge is 0.205 e. The van der Waals surface area contributed by atoms with Crippen LogP contribution in [0.3, 0.4) is 0 Å². The normalized spacial score (nSPS) is 12.9. The van der Waals surface area contributed by atoms with Crippen LogP contribution in [0.1, 0.15) is 11.1 Å². The lowest BCUT2D eigenvalue weighted by molar-refractivity contribution is -0.145. The minimum absolute atomic E-state index is 0.0951. The van der Waals surface area contributed by atoms with E-state index < -0.39 is 34.2 Å². The zero-order chi connectivity index (χ0) is 13.4. The molecule has 0 nitrogen and oxygen atoms in total. The van der Waals surface area contributed by atoms with Gasteiger partial charge in [-0.1, -0.05) is 0 Å². The summed E-state index contributed by atoms with van der Waals surface area (Å²) in [4.78, 5) is -1.05. The highest BCUT2D eigenvalue weighted by molar-refractivity contribution is 7.98. The monoisotopic (exact) mass is 278 g/mol. The maximum Gasteiger partial charge on any atom is 0.419 e. The van der Waals surface area contributed by atoms with Gasteiger partial charge in [0.2, 0.25) is 0 Å². The van der Waals surface area contributed by atoms with Gasteiger partial charge in [0, 0.05) is 0 Å². The average molecular weight is 278 g/mol. The molecule has 0 spiro atoms. The number of alkyl halides is 6. The van der Waals surface area contributed by atoms with Crippen LogP contribution >= 0.6 is 11.8 Å². The van der Waals surface area contributed by atoms with Crippen molar-refractivity contribution >= 4 is 11.8 Å². The van der Waals surface area contributed by atoms with E-state index in [-0.39, 0.29) is 23.9 Å². The first-order valence-corrected chi connectivity index (χ1v) is 5.32. The summed E-state index contributed by atoms with van der Waals surface area (Å²) in [6, 6.07) is 0.329. The molecule has 1 aromatic carbocycles. The van der Waals surface area contributed by atoms with E-state index >= 15 is 0 Å². The van der Waals surface area contributed by atoms with Crippen molar-refractivity contribution in [2.75, 3.05) is 6.26 Å². The Hall–Kier alpha value is -0.920. The molecule has 0 aromatic heterocycles. The summed E-state index contributed by atoms with van der Waals surface area (Å²) in [6.45, 7) is 0. The number of hydrogen-bond donors (Lipinski definition) is 0. The lowest BCUT2D eigenvalue weighted by Gasteiger charge is -2.15. The summed E-state index contributed by atoms with van der Waals surface area (Å²) >= 11 is 0.284. The molecule has 0 amide bonds. The molecule has 1 rings (SSSR count). The Kier molecular flexibility index (Phi) is 3.66. The quantitative estimate of drug-likeness (QED) is 0.535. The standard InChI is InChI=1S/C9H5F7S/c1-17-7-5(9(14,15)16)3-2-4(6(7)10)8(11,12)13/h2-3H,1H3. The van der Waals surface area contributed by atoms with Crippen molar-refractivity contribution in [3.05, 3.63) is 29.1 Å². The van der Waals surface area contributed by atoms with Crippen LogP contribution in [0.15, 0.2) is 17.0 Å².